The van der Waals surface area contributed by atoms with Gasteiger partial charge < -0.3 is 0 Å². The highest BCUT2D eigenvalue weighted by atomic mass is 32.2. The molecule has 29 heavy (non-hydrogen) atoms. The Morgan fingerprint density at radius 2 is 1.28 bits per heavy atom. The lowest BCUT2D eigenvalue weighted by Crippen LogP contribution is -2.43. The van der Waals surface area contributed by atoms with Gasteiger partial charge >= 0.3 is 6.18 Å². The van der Waals surface area contributed by atoms with Crippen LogP contribution in [0.1, 0.15) is 18.1 Å². The van der Waals surface area contributed by atoms with E-state index in [-0.39, 0.29) is 10.5 Å². The van der Waals surface area contributed by atoms with Crippen molar-refractivity contribution in [3.05, 3.63) is 90.0 Å². The van der Waals surface area contributed by atoms with Crippen molar-refractivity contribution in [1.82, 2.24) is 0 Å². The standard InChI is InChI=1S/C22H19F3O3S/c1-16-8-14-20(15-9-16)29(26,27)28-21(2,22(23,24)25)19-12-10-18(11-13-19)17-6-4-3-5-7-17/h3-15H,1-2H3. The van der Waals surface area contributed by atoms with E-state index >= 15 is 0 Å². The zero-order valence-corrected chi connectivity index (χ0v) is 16.6. The number of hydrogen-bond donors (Lipinski definition) is 0. The van der Waals surface area contributed by atoms with E-state index in [1.165, 1.54) is 48.5 Å². The van der Waals surface area contributed by atoms with Gasteiger partial charge in [0.05, 0.1) is 4.90 Å². The predicted molar refractivity (Wildman–Crippen MR) is 105 cm³/mol. The van der Waals surface area contributed by atoms with Gasteiger partial charge in [-0.3, -0.25) is 0 Å². The number of alkyl halides is 3. The molecule has 152 valence electrons. The summed E-state index contributed by atoms with van der Waals surface area (Å²) in [6.07, 6.45) is -4.96. The van der Waals surface area contributed by atoms with Crippen molar-refractivity contribution in [1.29, 1.82) is 0 Å². The van der Waals surface area contributed by atoms with Gasteiger partial charge in [0, 0.05) is 0 Å². The highest BCUT2D eigenvalue weighted by Gasteiger charge is 2.56. The van der Waals surface area contributed by atoms with Gasteiger partial charge in [-0.1, -0.05) is 72.3 Å². The van der Waals surface area contributed by atoms with Gasteiger partial charge in [-0.05, 0) is 42.7 Å². The van der Waals surface area contributed by atoms with Crippen LogP contribution in [0.3, 0.4) is 0 Å². The Morgan fingerprint density at radius 3 is 1.79 bits per heavy atom. The molecule has 3 nitrogen and oxygen atoms in total. The number of aryl methyl sites for hydroxylation is 1. The molecule has 7 heteroatoms. The van der Waals surface area contributed by atoms with Crippen molar-refractivity contribution < 1.29 is 25.8 Å². The Bertz CT molecular complexity index is 1070. The smallest absolute Gasteiger partial charge is 0.245 e. The van der Waals surface area contributed by atoms with Crippen molar-refractivity contribution in [3.63, 3.8) is 0 Å². The fraction of sp³-hybridized carbons (Fsp3) is 0.182. The first-order valence-electron chi connectivity index (χ1n) is 8.78. The van der Waals surface area contributed by atoms with Crippen LogP contribution in [0.4, 0.5) is 13.2 Å². The second kappa shape index (κ2) is 7.65. The lowest BCUT2D eigenvalue weighted by molar-refractivity contribution is -0.246. The van der Waals surface area contributed by atoms with E-state index in [2.05, 4.69) is 0 Å². The van der Waals surface area contributed by atoms with E-state index in [0.29, 0.717) is 5.56 Å². The molecule has 3 aromatic rings. The van der Waals surface area contributed by atoms with Gasteiger partial charge in [0.2, 0.25) is 5.60 Å². The molecule has 0 aromatic heterocycles. The first kappa shape index (κ1) is 21.1. The molecule has 3 aromatic carbocycles. The van der Waals surface area contributed by atoms with Crippen molar-refractivity contribution in [3.8, 4) is 11.1 Å². The molecular formula is C22H19F3O3S. The van der Waals surface area contributed by atoms with Crippen LogP contribution < -0.4 is 0 Å². The lowest BCUT2D eigenvalue weighted by Gasteiger charge is -2.31. The van der Waals surface area contributed by atoms with Gasteiger partial charge in [-0.2, -0.15) is 21.6 Å². The summed E-state index contributed by atoms with van der Waals surface area (Å²) in [5.74, 6) is 0. The fourth-order valence-corrected chi connectivity index (χ4v) is 4.04. The van der Waals surface area contributed by atoms with Crippen LogP contribution in [0.2, 0.25) is 0 Å². The number of benzene rings is 3. The Hall–Kier alpha value is -2.64. The summed E-state index contributed by atoms with van der Waals surface area (Å²) in [4.78, 5) is -0.334. The summed E-state index contributed by atoms with van der Waals surface area (Å²) in [5, 5.41) is 0. The maximum Gasteiger partial charge on any atom is 0.422 e. The summed E-state index contributed by atoms with van der Waals surface area (Å²) in [5.41, 5.74) is -1.02. The van der Waals surface area contributed by atoms with E-state index in [0.717, 1.165) is 18.1 Å². The Labute approximate surface area is 167 Å². The quantitative estimate of drug-likeness (QED) is 0.487. The van der Waals surface area contributed by atoms with Crippen LogP contribution in [0.5, 0.6) is 0 Å². The second-order valence-electron chi connectivity index (χ2n) is 6.82. The van der Waals surface area contributed by atoms with Crippen molar-refractivity contribution in [2.75, 3.05) is 0 Å². The average Bonchev–Trinajstić information content (AvgIpc) is 2.68. The molecule has 1 unspecified atom stereocenters. The monoisotopic (exact) mass is 420 g/mol. The van der Waals surface area contributed by atoms with Crippen LogP contribution in [-0.2, 0) is 19.9 Å². The fourth-order valence-electron chi connectivity index (χ4n) is 2.84. The number of halogens is 3. The van der Waals surface area contributed by atoms with Crippen LogP contribution in [0.25, 0.3) is 11.1 Å². The van der Waals surface area contributed by atoms with E-state index < -0.39 is 21.9 Å². The molecule has 0 aliphatic heterocycles. The van der Waals surface area contributed by atoms with E-state index in [1.807, 2.05) is 30.3 Å². The van der Waals surface area contributed by atoms with Crippen LogP contribution >= 0.6 is 0 Å². The normalized spacial score (nSPS) is 14.4. The van der Waals surface area contributed by atoms with Gasteiger partial charge in [0.25, 0.3) is 10.1 Å². The molecule has 0 amide bonds. The molecule has 0 saturated carbocycles. The third-order valence-electron chi connectivity index (χ3n) is 4.67. The first-order valence-corrected chi connectivity index (χ1v) is 10.2. The summed E-state index contributed by atoms with van der Waals surface area (Å²) in [6.45, 7) is 2.46. The summed E-state index contributed by atoms with van der Waals surface area (Å²) in [7, 11) is -4.65. The maximum atomic E-state index is 13.9. The van der Waals surface area contributed by atoms with Gasteiger partial charge in [-0.25, -0.2) is 4.18 Å². The minimum absolute atomic E-state index is 0.305. The predicted octanol–water partition coefficient (Wildman–Crippen LogP) is 5.85. The SMILES string of the molecule is Cc1ccc(S(=O)(=O)OC(C)(c2ccc(-c3ccccc3)cc2)C(F)(F)F)cc1. The Morgan fingerprint density at radius 1 is 0.759 bits per heavy atom. The minimum atomic E-state index is -4.96. The van der Waals surface area contributed by atoms with E-state index in [9.17, 15) is 21.6 Å². The topological polar surface area (TPSA) is 43.4 Å². The molecular weight excluding hydrogens is 401 g/mol. The molecule has 0 bridgehead atoms. The third kappa shape index (κ3) is 4.36. The second-order valence-corrected chi connectivity index (χ2v) is 8.37. The summed E-state index contributed by atoms with van der Waals surface area (Å²) in [6, 6.07) is 20.1. The molecule has 0 saturated heterocycles. The Balaban J connectivity index is 2.00. The van der Waals surface area contributed by atoms with E-state index in [4.69, 9.17) is 4.18 Å². The van der Waals surface area contributed by atoms with Crippen molar-refractivity contribution in [2.45, 2.75) is 30.5 Å². The molecule has 0 radical (unpaired) electrons. The van der Waals surface area contributed by atoms with Crippen molar-refractivity contribution in [2.24, 2.45) is 0 Å². The summed E-state index contributed by atoms with van der Waals surface area (Å²) >= 11 is 0. The first-order chi connectivity index (χ1) is 13.5. The molecule has 0 N–H and O–H groups in total. The van der Waals surface area contributed by atoms with Crippen LogP contribution in [-0.4, -0.2) is 14.6 Å². The Kier molecular flexibility index (Phi) is 5.56. The minimum Gasteiger partial charge on any atom is -0.245 e. The zero-order chi connectivity index (χ0) is 21.3. The zero-order valence-electron chi connectivity index (χ0n) is 15.8. The van der Waals surface area contributed by atoms with Crippen LogP contribution in [0, 0.1) is 6.92 Å². The van der Waals surface area contributed by atoms with Gasteiger partial charge in [-0.15, -0.1) is 0 Å². The molecule has 0 spiro atoms. The maximum absolute atomic E-state index is 13.9. The van der Waals surface area contributed by atoms with Crippen LogP contribution in [0.15, 0.2) is 83.8 Å². The molecule has 0 aliphatic carbocycles. The van der Waals surface area contributed by atoms with E-state index in [1.54, 1.807) is 6.92 Å². The molecule has 0 fully saturated rings. The lowest BCUT2D eigenvalue weighted by atomic mass is 9.93. The molecule has 1 atom stereocenters. The largest absolute Gasteiger partial charge is 0.422 e. The number of rotatable bonds is 5. The van der Waals surface area contributed by atoms with Gasteiger partial charge in [0.1, 0.15) is 0 Å². The third-order valence-corrected chi connectivity index (χ3v) is 6.07. The van der Waals surface area contributed by atoms with Gasteiger partial charge in [0.15, 0.2) is 0 Å². The molecule has 0 aliphatic rings. The van der Waals surface area contributed by atoms with Crippen molar-refractivity contribution >= 4 is 10.1 Å². The number of hydrogen-bond acceptors (Lipinski definition) is 3. The average molecular weight is 420 g/mol. The molecule has 3 rings (SSSR count). The summed E-state index contributed by atoms with van der Waals surface area (Å²) < 4.78 is 71.7. The highest BCUT2D eigenvalue weighted by Crippen LogP contribution is 2.44. The molecule has 0 heterocycles. The highest BCUT2D eigenvalue weighted by molar-refractivity contribution is 7.86.